The summed E-state index contributed by atoms with van der Waals surface area (Å²) in [5.41, 5.74) is 0.683. The number of carbonyl (C=O) groups excluding carboxylic acids is 1. The second kappa shape index (κ2) is 9.12. The molecule has 0 bridgehead atoms. The van der Waals surface area contributed by atoms with Gasteiger partial charge in [-0.2, -0.15) is 8.78 Å². The molecule has 5 rings (SSSR count). The molecular weight excluding hydrogens is 477 g/mol. The normalized spacial score (nSPS) is 15.4. The number of amides is 1. The topological polar surface area (TPSA) is 96.8 Å². The molecule has 1 saturated heterocycles. The number of fused-ring (bicyclic) bond motifs is 3. The number of halogens is 3. The molecule has 2 aliphatic heterocycles. The number of aliphatic hydroxyl groups is 1. The standard InChI is InChI=1S/C25H25F3N4O4/c1-13-30-22-17-6-7-35-23(17)20(36-16-10-32(11-16)14(2)34)8-18(22)24(31-13)29-9-15-4-3-5-19(21(15)26)25(27,28)12-33/h3-5,8,16,33H,6-7,9-12H2,1-2H3,(H,29,30,31). The average Bonchev–Trinajstić information content (AvgIpc) is 3.31. The fourth-order valence-electron chi connectivity index (χ4n) is 4.48. The Morgan fingerprint density at radius 2 is 2.11 bits per heavy atom. The molecule has 1 aromatic heterocycles. The second-order valence-corrected chi connectivity index (χ2v) is 8.96. The van der Waals surface area contributed by atoms with Gasteiger partial charge in [0.25, 0.3) is 5.92 Å². The summed E-state index contributed by atoms with van der Waals surface area (Å²) in [5, 5.41) is 12.6. The first-order chi connectivity index (χ1) is 17.2. The number of anilines is 1. The molecule has 11 heteroatoms. The Morgan fingerprint density at radius 1 is 1.33 bits per heavy atom. The number of carbonyl (C=O) groups is 1. The molecule has 2 aromatic carbocycles. The van der Waals surface area contributed by atoms with Gasteiger partial charge in [-0.05, 0) is 19.1 Å². The third kappa shape index (κ3) is 4.27. The molecule has 0 atom stereocenters. The summed E-state index contributed by atoms with van der Waals surface area (Å²) in [4.78, 5) is 22.2. The summed E-state index contributed by atoms with van der Waals surface area (Å²) in [5.74, 6) is -2.80. The van der Waals surface area contributed by atoms with Crippen LogP contribution in [0.2, 0.25) is 0 Å². The number of likely N-dealkylation sites (tertiary alicyclic amines) is 1. The molecule has 1 amide bonds. The third-order valence-corrected chi connectivity index (χ3v) is 6.42. The van der Waals surface area contributed by atoms with Gasteiger partial charge >= 0.3 is 0 Å². The predicted molar refractivity (Wildman–Crippen MR) is 125 cm³/mol. The Kier molecular flexibility index (Phi) is 6.11. The lowest BCUT2D eigenvalue weighted by Gasteiger charge is -2.38. The molecule has 0 unspecified atom stereocenters. The molecule has 3 aromatic rings. The number of ether oxygens (including phenoxy) is 2. The van der Waals surface area contributed by atoms with Crippen molar-refractivity contribution in [2.45, 2.75) is 38.8 Å². The number of hydrogen-bond donors (Lipinski definition) is 2. The quantitative estimate of drug-likeness (QED) is 0.512. The molecule has 3 heterocycles. The molecule has 0 radical (unpaired) electrons. The van der Waals surface area contributed by atoms with Gasteiger partial charge in [-0.25, -0.2) is 14.4 Å². The van der Waals surface area contributed by atoms with Crippen molar-refractivity contribution in [3.8, 4) is 11.5 Å². The maximum Gasteiger partial charge on any atom is 0.298 e. The molecule has 2 N–H and O–H groups in total. The smallest absolute Gasteiger partial charge is 0.298 e. The number of aromatic nitrogens is 2. The van der Waals surface area contributed by atoms with Crippen LogP contribution in [0.4, 0.5) is 19.0 Å². The number of nitrogens with zero attached hydrogens (tertiary/aromatic N) is 3. The van der Waals surface area contributed by atoms with E-state index in [1.165, 1.54) is 19.1 Å². The number of rotatable bonds is 7. The highest BCUT2D eigenvalue weighted by Gasteiger charge is 2.35. The van der Waals surface area contributed by atoms with E-state index in [0.29, 0.717) is 60.2 Å². The number of hydrogen-bond acceptors (Lipinski definition) is 7. The first-order valence-corrected chi connectivity index (χ1v) is 11.6. The average molecular weight is 502 g/mol. The number of alkyl halides is 2. The molecule has 36 heavy (non-hydrogen) atoms. The van der Waals surface area contributed by atoms with Crippen LogP contribution in [0.25, 0.3) is 10.9 Å². The fourth-order valence-corrected chi connectivity index (χ4v) is 4.48. The van der Waals surface area contributed by atoms with Gasteiger partial charge in [-0.3, -0.25) is 4.79 Å². The summed E-state index contributed by atoms with van der Waals surface area (Å²) in [6.45, 7) is 3.05. The van der Waals surface area contributed by atoms with Gasteiger partial charge in [0.2, 0.25) is 5.91 Å². The van der Waals surface area contributed by atoms with E-state index < -0.39 is 23.9 Å². The summed E-state index contributed by atoms with van der Waals surface area (Å²) in [6, 6.07) is 5.43. The number of aliphatic hydroxyl groups excluding tert-OH is 1. The lowest BCUT2D eigenvalue weighted by molar-refractivity contribution is -0.137. The van der Waals surface area contributed by atoms with Crippen LogP contribution in [-0.4, -0.2) is 58.3 Å². The van der Waals surface area contributed by atoms with Crippen molar-refractivity contribution in [3.63, 3.8) is 0 Å². The van der Waals surface area contributed by atoms with Gasteiger partial charge in [0.15, 0.2) is 11.5 Å². The van der Waals surface area contributed by atoms with Crippen LogP contribution < -0.4 is 14.8 Å². The van der Waals surface area contributed by atoms with Crippen molar-refractivity contribution in [2.75, 3.05) is 31.6 Å². The second-order valence-electron chi connectivity index (χ2n) is 8.96. The molecule has 8 nitrogen and oxygen atoms in total. The van der Waals surface area contributed by atoms with Crippen LogP contribution in [0.5, 0.6) is 11.5 Å². The van der Waals surface area contributed by atoms with E-state index >= 15 is 0 Å². The van der Waals surface area contributed by atoms with Crippen molar-refractivity contribution >= 4 is 22.6 Å². The Balaban J connectivity index is 1.47. The van der Waals surface area contributed by atoms with Gasteiger partial charge in [0.05, 0.1) is 30.8 Å². The van der Waals surface area contributed by atoms with Gasteiger partial charge in [-0.15, -0.1) is 0 Å². The van der Waals surface area contributed by atoms with Crippen LogP contribution in [0, 0.1) is 12.7 Å². The molecule has 0 aliphatic carbocycles. The Morgan fingerprint density at radius 3 is 2.83 bits per heavy atom. The molecular formula is C25H25F3N4O4. The highest BCUT2D eigenvalue weighted by molar-refractivity contribution is 5.95. The van der Waals surface area contributed by atoms with Gasteiger partial charge in [0.1, 0.15) is 30.2 Å². The summed E-state index contributed by atoms with van der Waals surface area (Å²) < 4.78 is 54.7. The zero-order valence-corrected chi connectivity index (χ0v) is 19.8. The van der Waals surface area contributed by atoms with Crippen molar-refractivity contribution in [1.29, 1.82) is 0 Å². The largest absolute Gasteiger partial charge is 0.489 e. The highest BCUT2D eigenvalue weighted by Crippen LogP contribution is 2.43. The van der Waals surface area contributed by atoms with E-state index in [1.807, 2.05) is 0 Å². The van der Waals surface area contributed by atoms with E-state index in [4.69, 9.17) is 14.6 Å². The first-order valence-electron chi connectivity index (χ1n) is 11.6. The van der Waals surface area contributed by atoms with Crippen LogP contribution in [-0.2, 0) is 23.7 Å². The zero-order valence-electron chi connectivity index (χ0n) is 19.8. The van der Waals surface area contributed by atoms with Gasteiger partial charge in [0, 0.05) is 36.4 Å². The SMILES string of the molecule is CC(=O)N1CC(Oc2cc3c(NCc4cccc(C(F)(F)CO)c4F)nc(C)nc3c3c2OCC3)C1. The third-order valence-electron chi connectivity index (χ3n) is 6.42. The monoisotopic (exact) mass is 502 g/mol. The lowest BCUT2D eigenvalue weighted by atomic mass is 10.0. The van der Waals surface area contributed by atoms with Crippen molar-refractivity contribution in [3.05, 3.63) is 52.6 Å². The number of aryl methyl sites for hydroxylation is 1. The van der Waals surface area contributed by atoms with Gasteiger partial charge < -0.3 is 24.8 Å². The predicted octanol–water partition coefficient (Wildman–Crippen LogP) is 3.32. The maximum absolute atomic E-state index is 14.8. The first kappa shape index (κ1) is 24.1. The minimum absolute atomic E-state index is 0.00444. The zero-order chi connectivity index (χ0) is 25.6. The summed E-state index contributed by atoms with van der Waals surface area (Å²) >= 11 is 0. The Bertz CT molecular complexity index is 1340. The summed E-state index contributed by atoms with van der Waals surface area (Å²) in [7, 11) is 0. The van der Waals surface area contributed by atoms with Crippen LogP contribution in [0.3, 0.4) is 0 Å². The molecule has 190 valence electrons. The van der Waals surface area contributed by atoms with E-state index in [9.17, 15) is 18.0 Å². The minimum Gasteiger partial charge on any atom is -0.489 e. The Labute approximate surface area is 205 Å². The van der Waals surface area contributed by atoms with E-state index in [2.05, 4.69) is 15.3 Å². The van der Waals surface area contributed by atoms with Gasteiger partial charge in [-0.1, -0.05) is 12.1 Å². The highest BCUT2D eigenvalue weighted by atomic mass is 19.3. The van der Waals surface area contributed by atoms with Crippen molar-refractivity contribution in [2.24, 2.45) is 0 Å². The Hall–Kier alpha value is -3.60. The van der Waals surface area contributed by atoms with Crippen LogP contribution >= 0.6 is 0 Å². The lowest BCUT2D eigenvalue weighted by Crippen LogP contribution is -2.55. The van der Waals surface area contributed by atoms with Crippen LogP contribution in [0.1, 0.15) is 29.4 Å². The van der Waals surface area contributed by atoms with Crippen molar-refractivity contribution in [1.82, 2.24) is 14.9 Å². The summed E-state index contributed by atoms with van der Waals surface area (Å²) in [6.07, 6.45) is 0.447. The van der Waals surface area contributed by atoms with E-state index in [0.717, 1.165) is 11.6 Å². The molecule has 1 fully saturated rings. The fraction of sp³-hybridized carbons (Fsp3) is 0.400. The molecule has 2 aliphatic rings. The van der Waals surface area contributed by atoms with E-state index in [-0.39, 0.29) is 24.1 Å². The number of benzene rings is 2. The molecule has 0 saturated carbocycles. The minimum atomic E-state index is -3.69. The number of nitrogens with one attached hydrogen (secondary N) is 1. The van der Waals surface area contributed by atoms with E-state index in [1.54, 1.807) is 17.9 Å². The van der Waals surface area contributed by atoms with Crippen LogP contribution in [0.15, 0.2) is 24.3 Å². The van der Waals surface area contributed by atoms with Crippen molar-refractivity contribution < 1.29 is 32.5 Å². The molecule has 0 spiro atoms. The maximum atomic E-state index is 14.8.